The van der Waals surface area contributed by atoms with Crippen molar-refractivity contribution in [2.45, 2.75) is 24.8 Å². The lowest BCUT2D eigenvalue weighted by molar-refractivity contribution is -0.129. The van der Waals surface area contributed by atoms with Crippen LogP contribution in [0.3, 0.4) is 0 Å². The number of benzene rings is 2. The van der Waals surface area contributed by atoms with Gasteiger partial charge in [-0.15, -0.1) is 0 Å². The van der Waals surface area contributed by atoms with Crippen molar-refractivity contribution in [1.29, 1.82) is 0 Å². The summed E-state index contributed by atoms with van der Waals surface area (Å²) in [6.07, 6.45) is 0. The molecule has 0 aliphatic carbocycles. The van der Waals surface area contributed by atoms with E-state index in [0.717, 1.165) is 9.87 Å². The van der Waals surface area contributed by atoms with Crippen LogP contribution in [0.2, 0.25) is 0 Å². The van der Waals surface area contributed by atoms with Crippen molar-refractivity contribution in [2.24, 2.45) is 0 Å². The lowest BCUT2D eigenvalue weighted by Crippen LogP contribution is -2.53. The number of sulfonamides is 1. The highest BCUT2D eigenvalue weighted by Crippen LogP contribution is 2.14. The minimum Gasteiger partial charge on any atom is -0.326 e. The zero-order valence-electron chi connectivity index (χ0n) is 17.4. The molecule has 0 aliphatic rings. The maximum absolute atomic E-state index is 12.5. The Labute approximate surface area is 181 Å². The van der Waals surface area contributed by atoms with Crippen LogP contribution in [-0.2, 0) is 19.6 Å². The highest BCUT2D eigenvalue weighted by molar-refractivity contribution is 7.89. The molecule has 0 aromatic heterocycles. The van der Waals surface area contributed by atoms with Crippen LogP contribution in [0.1, 0.15) is 12.5 Å². The first-order chi connectivity index (χ1) is 14.6. The Balaban J connectivity index is 1.80. The molecule has 0 unspecified atom stereocenters. The Bertz CT molecular complexity index is 1030. The summed E-state index contributed by atoms with van der Waals surface area (Å²) in [4.78, 5) is 36.1. The fraction of sp³-hybridized carbons (Fsp3) is 0.250. The zero-order valence-corrected chi connectivity index (χ0v) is 18.2. The van der Waals surface area contributed by atoms with Gasteiger partial charge in [0.05, 0.1) is 11.4 Å². The molecule has 4 amide bonds. The van der Waals surface area contributed by atoms with Gasteiger partial charge in [-0.2, -0.15) is 4.31 Å². The van der Waals surface area contributed by atoms with E-state index in [1.165, 1.54) is 26.1 Å². The summed E-state index contributed by atoms with van der Waals surface area (Å²) in [6.45, 7) is 2.75. The van der Waals surface area contributed by atoms with Crippen molar-refractivity contribution in [3.63, 3.8) is 0 Å². The standard InChI is InChI=1S/C20H25N5O5S/c1-14-9-11-17(12-10-14)31(29,30)25(3)13-18(26)23-24-19(27)15(2)21-20(28)22-16-7-5-4-6-8-16/h4-12,15H,13H2,1-3H3,(H,23,26)(H,24,27)(H2,21,22,28)/t15-/m0/s1. The highest BCUT2D eigenvalue weighted by Gasteiger charge is 2.23. The number of urea groups is 1. The predicted molar refractivity (Wildman–Crippen MR) is 115 cm³/mol. The molecular formula is C20H25N5O5S. The van der Waals surface area contributed by atoms with Gasteiger partial charge in [-0.3, -0.25) is 20.4 Å². The van der Waals surface area contributed by atoms with Crippen LogP contribution in [0.25, 0.3) is 0 Å². The predicted octanol–water partition coefficient (Wildman–Crippen LogP) is 0.973. The molecule has 2 aromatic carbocycles. The van der Waals surface area contributed by atoms with Gasteiger partial charge in [-0.05, 0) is 38.1 Å². The Morgan fingerprint density at radius 2 is 1.58 bits per heavy atom. The van der Waals surface area contributed by atoms with Crippen LogP contribution in [0.5, 0.6) is 0 Å². The highest BCUT2D eigenvalue weighted by atomic mass is 32.2. The molecule has 0 radical (unpaired) electrons. The third-order valence-electron chi connectivity index (χ3n) is 4.19. The zero-order chi connectivity index (χ0) is 23.0. The van der Waals surface area contributed by atoms with E-state index in [-0.39, 0.29) is 4.90 Å². The number of hydrazine groups is 1. The molecule has 2 aromatic rings. The fourth-order valence-electron chi connectivity index (χ4n) is 2.41. The van der Waals surface area contributed by atoms with Crippen molar-refractivity contribution in [2.75, 3.05) is 18.9 Å². The monoisotopic (exact) mass is 447 g/mol. The van der Waals surface area contributed by atoms with Gasteiger partial charge in [-0.1, -0.05) is 35.9 Å². The molecular weight excluding hydrogens is 422 g/mol. The van der Waals surface area contributed by atoms with Gasteiger partial charge >= 0.3 is 6.03 Å². The molecule has 0 aliphatic heterocycles. The molecule has 1 atom stereocenters. The van der Waals surface area contributed by atoms with Crippen LogP contribution < -0.4 is 21.5 Å². The molecule has 0 bridgehead atoms. The maximum Gasteiger partial charge on any atom is 0.319 e. The number of nitrogens with one attached hydrogen (secondary N) is 4. The second kappa shape index (κ2) is 10.5. The normalized spacial score (nSPS) is 12.0. The first-order valence-corrected chi connectivity index (χ1v) is 10.8. The van der Waals surface area contributed by atoms with Gasteiger partial charge in [0.15, 0.2) is 0 Å². The summed E-state index contributed by atoms with van der Waals surface area (Å²) in [5.41, 5.74) is 5.75. The quantitative estimate of drug-likeness (QED) is 0.469. The third-order valence-corrected chi connectivity index (χ3v) is 6.01. The average Bonchev–Trinajstić information content (AvgIpc) is 2.72. The van der Waals surface area contributed by atoms with Gasteiger partial charge < -0.3 is 10.6 Å². The van der Waals surface area contributed by atoms with Crippen LogP contribution >= 0.6 is 0 Å². The van der Waals surface area contributed by atoms with E-state index in [0.29, 0.717) is 5.69 Å². The Kier molecular flexibility index (Phi) is 8.11. The molecule has 31 heavy (non-hydrogen) atoms. The number of aryl methyl sites for hydroxylation is 1. The number of hydrogen-bond acceptors (Lipinski definition) is 5. The van der Waals surface area contributed by atoms with Gasteiger partial charge in [0, 0.05) is 12.7 Å². The largest absolute Gasteiger partial charge is 0.326 e. The van der Waals surface area contributed by atoms with E-state index in [1.54, 1.807) is 42.5 Å². The summed E-state index contributed by atoms with van der Waals surface area (Å²) in [5.74, 6) is -1.42. The molecule has 166 valence electrons. The lowest BCUT2D eigenvalue weighted by Gasteiger charge is -2.18. The number of likely N-dealkylation sites (N-methyl/N-ethyl adjacent to an activating group) is 1. The number of rotatable bonds is 7. The van der Waals surface area contributed by atoms with Gasteiger partial charge in [-0.25, -0.2) is 13.2 Å². The molecule has 2 rings (SSSR count). The van der Waals surface area contributed by atoms with Crippen LogP contribution in [0.4, 0.5) is 10.5 Å². The number of para-hydroxylation sites is 1. The molecule has 0 saturated heterocycles. The SMILES string of the molecule is Cc1ccc(S(=O)(=O)N(C)CC(=O)NNC(=O)[C@H](C)NC(=O)Nc2ccccc2)cc1. The number of carbonyl (C=O) groups excluding carboxylic acids is 3. The molecule has 11 heteroatoms. The first kappa shape index (κ1) is 23.8. The second-order valence-electron chi connectivity index (χ2n) is 6.80. The lowest BCUT2D eigenvalue weighted by atomic mass is 10.2. The maximum atomic E-state index is 12.5. The smallest absolute Gasteiger partial charge is 0.319 e. The fourth-order valence-corrected chi connectivity index (χ4v) is 3.53. The Morgan fingerprint density at radius 1 is 0.968 bits per heavy atom. The molecule has 0 heterocycles. The third kappa shape index (κ3) is 7.08. The average molecular weight is 448 g/mol. The van der Waals surface area contributed by atoms with Gasteiger partial charge in [0.2, 0.25) is 10.0 Å². The van der Waals surface area contributed by atoms with Crippen molar-refractivity contribution in [3.8, 4) is 0 Å². The summed E-state index contributed by atoms with van der Waals surface area (Å²) >= 11 is 0. The van der Waals surface area contributed by atoms with Gasteiger partial charge in [0.1, 0.15) is 6.04 Å². The minimum absolute atomic E-state index is 0.0553. The number of amides is 4. The van der Waals surface area contributed by atoms with Crippen molar-refractivity contribution < 1.29 is 22.8 Å². The van der Waals surface area contributed by atoms with E-state index >= 15 is 0 Å². The number of anilines is 1. The van der Waals surface area contributed by atoms with Crippen molar-refractivity contribution in [3.05, 3.63) is 60.2 Å². The summed E-state index contributed by atoms with van der Waals surface area (Å²) in [6, 6.07) is 13.3. The molecule has 0 spiro atoms. The molecule has 0 fully saturated rings. The first-order valence-electron chi connectivity index (χ1n) is 9.34. The number of hydrogen-bond donors (Lipinski definition) is 4. The van der Waals surface area contributed by atoms with Crippen molar-refractivity contribution in [1.82, 2.24) is 20.5 Å². The van der Waals surface area contributed by atoms with Crippen LogP contribution in [-0.4, -0.2) is 50.2 Å². The Hall–Kier alpha value is -3.44. The number of carbonyl (C=O) groups is 3. The van der Waals surface area contributed by atoms with E-state index < -0.39 is 40.5 Å². The summed E-state index contributed by atoms with van der Waals surface area (Å²) < 4.78 is 25.9. The molecule has 0 saturated carbocycles. The van der Waals surface area contributed by atoms with Crippen LogP contribution in [0.15, 0.2) is 59.5 Å². The summed E-state index contributed by atoms with van der Waals surface area (Å²) in [7, 11) is -2.60. The number of nitrogens with zero attached hydrogens (tertiary/aromatic N) is 1. The minimum atomic E-state index is -3.86. The van der Waals surface area contributed by atoms with E-state index in [4.69, 9.17) is 0 Å². The Morgan fingerprint density at radius 3 is 2.19 bits per heavy atom. The van der Waals surface area contributed by atoms with E-state index in [1.807, 2.05) is 6.92 Å². The topological polar surface area (TPSA) is 137 Å². The van der Waals surface area contributed by atoms with E-state index in [9.17, 15) is 22.8 Å². The van der Waals surface area contributed by atoms with Crippen molar-refractivity contribution >= 4 is 33.6 Å². The molecule has 4 N–H and O–H groups in total. The summed E-state index contributed by atoms with van der Waals surface area (Å²) in [5, 5.41) is 4.99. The van der Waals surface area contributed by atoms with E-state index in [2.05, 4.69) is 21.5 Å². The van der Waals surface area contributed by atoms with Gasteiger partial charge in [0.25, 0.3) is 11.8 Å². The van der Waals surface area contributed by atoms with Crippen LogP contribution in [0, 0.1) is 6.92 Å². The molecule has 10 nitrogen and oxygen atoms in total. The second-order valence-corrected chi connectivity index (χ2v) is 8.84.